The van der Waals surface area contributed by atoms with Gasteiger partial charge in [-0.3, -0.25) is 4.68 Å². The molecule has 3 aromatic heterocycles. The molecule has 0 aromatic carbocycles. The van der Waals surface area contributed by atoms with E-state index in [0.717, 1.165) is 60.4 Å². The number of hydrogen-bond acceptors (Lipinski definition) is 7. The zero-order valence-electron chi connectivity index (χ0n) is 15.3. The van der Waals surface area contributed by atoms with Gasteiger partial charge in [-0.1, -0.05) is 0 Å². The first kappa shape index (κ1) is 15.5. The Balaban J connectivity index is 1.39. The maximum Gasteiger partial charge on any atom is 0.163 e. The van der Waals surface area contributed by atoms with Crippen molar-refractivity contribution in [2.75, 3.05) is 36.0 Å². The lowest BCUT2D eigenvalue weighted by atomic mass is 10.0. The van der Waals surface area contributed by atoms with E-state index in [2.05, 4.69) is 35.9 Å². The van der Waals surface area contributed by atoms with E-state index in [1.807, 2.05) is 31.8 Å². The van der Waals surface area contributed by atoms with Gasteiger partial charge in [0.05, 0.1) is 11.6 Å². The summed E-state index contributed by atoms with van der Waals surface area (Å²) in [5, 5.41) is 5.41. The van der Waals surface area contributed by atoms with Crippen molar-refractivity contribution in [3.05, 3.63) is 30.1 Å². The number of nitrogens with zero attached hydrogens (tertiary/aromatic N) is 8. The Morgan fingerprint density at radius 2 is 1.69 bits per heavy atom. The Morgan fingerprint density at radius 1 is 0.962 bits per heavy atom. The summed E-state index contributed by atoms with van der Waals surface area (Å²) in [6.07, 6.45) is 3.54. The van der Waals surface area contributed by atoms with Crippen LogP contribution in [0.4, 0.5) is 11.6 Å². The largest absolute Gasteiger partial charge is 0.356 e. The topological polar surface area (TPSA) is 75.9 Å². The van der Waals surface area contributed by atoms with Gasteiger partial charge in [0.2, 0.25) is 0 Å². The fourth-order valence-electron chi connectivity index (χ4n) is 4.32. The van der Waals surface area contributed by atoms with E-state index >= 15 is 0 Å². The first-order valence-corrected chi connectivity index (χ1v) is 9.03. The van der Waals surface area contributed by atoms with E-state index in [4.69, 9.17) is 4.98 Å². The van der Waals surface area contributed by atoms with Crippen LogP contribution in [0.3, 0.4) is 0 Å². The first-order valence-electron chi connectivity index (χ1n) is 9.03. The molecule has 2 aliphatic rings. The number of hydrogen-bond donors (Lipinski definition) is 0. The quantitative estimate of drug-likeness (QED) is 0.690. The van der Waals surface area contributed by atoms with E-state index < -0.39 is 0 Å². The standard InChI is InChI=1S/C18H22N8/c1-11-4-16(20-10-19-11)25-6-13-8-26(9-14(13)7-25)18-15-5-21-24(3)17(15)22-12(2)23-18/h4-5,10,13-14H,6-9H2,1-3H3. The highest BCUT2D eigenvalue weighted by molar-refractivity contribution is 5.87. The van der Waals surface area contributed by atoms with Gasteiger partial charge in [-0.05, 0) is 13.8 Å². The molecule has 8 heteroatoms. The SMILES string of the molecule is Cc1cc(N2CC3CN(c4nc(C)nc5c4cnn5C)CC3C2)ncn1. The molecule has 0 radical (unpaired) electrons. The van der Waals surface area contributed by atoms with Crippen molar-refractivity contribution in [3.8, 4) is 0 Å². The molecule has 0 spiro atoms. The summed E-state index contributed by atoms with van der Waals surface area (Å²) in [7, 11) is 1.93. The molecule has 2 fully saturated rings. The van der Waals surface area contributed by atoms with Crippen molar-refractivity contribution < 1.29 is 0 Å². The molecule has 26 heavy (non-hydrogen) atoms. The third kappa shape index (κ3) is 2.40. The van der Waals surface area contributed by atoms with Crippen LogP contribution in [0.15, 0.2) is 18.6 Å². The summed E-state index contributed by atoms with van der Waals surface area (Å²) in [4.78, 5) is 22.7. The van der Waals surface area contributed by atoms with Crippen LogP contribution in [-0.4, -0.2) is 55.9 Å². The summed E-state index contributed by atoms with van der Waals surface area (Å²) in [6.45, 7) is 8.08. The van der Waals surface area contributed by atoms with Gasteiger partial charge in [0.1, 0.15) is 23.8 Å². The molecule has 3 aromatic rings. The second-order valence-electron chi connectivity index (χ2n) is 7.45. The zero-order chi connectivity index (χ0) is 17.8. The fourth-order valence-corrected chi connectivity index (χ4v) is 4.32. The van der Waals surface area contributed by atoms with Crippen molar-refractivity contribution in [1.29, 1.82) is 0 Å². The Kier molecular flexibility index (Phi) is 3.35. The molecule has 5 rings (SSSR count). The second-order valence-corrected chi connectivity index (χ2v) is 7.45. The fraction of sp³-hybridized carbons (Fsp3) is 0.500. The average Bonchev–Trinajstić information content (AvgIpc) is 3.28. The Labute approximate surface area is 151 Å². The lowest BCUT2D eigenvalue weighted by molar-refractivity contribution is 0.533. The van der Waals surface area contributed by atoms with Crippen molar-refractivity contribution in [2.45, 2.75) is 13.8 Å². The van der Waals surface area contributed by atoms with Crippen molar-refractivity contribution >= 4 is 22.7 Å². The monoisotopic (exact) mass is 350 g/mol. The van der Waals surface area contributed by atoms with Crippen molar-refractivity contribution in [2.24, 2.45) is 18.9 Å². The highest BCUT2D eigenvalue weighted by Gasteiger charge is 2.41. The number of fused-ring (bicyclic) bond motifs is 2. The zero-order valence-corrected chi connectivity index (χ0v) is 15.3. The predicted molar refractivity (Wildman–Crippen MR) is 99.2 cm³/mol. The van der Waals surface area contributed by atoms with Crippen LogP contribution >= 0.6 is 0 Å². The lowest BCUT2D eigenvalue weighted by Gasteiger charge is -2.23. The van der Waals surface area contributed by atoms with Crippen LogP contribution < -0.4 is 9.80 Å². The highest BCUT2D eigenvalue weighted by atomic mass is 15.3. The second kappa shape index (κ2) is 5.62. The Bertz CT molecular complexity index is 966. The molecule has 2 aliphatic heterocycles. The smallest absolute Gasteiger partial charge is 0.163 e. The van der Waals surface area contributed by atoms with Gasteiger partial charge < -0.3 is 9.80 Å². The molecule has 2 saturated heterocycles. The molecule has 0 N–H and O–H groups in total. The van der Waals surface area contributed by atoms with E-state index in [0.29, 0.717) is 11.8 Å². The van der Waals surface area contributed by atoms with E-state index in [1.54, 1.807) is 6.33 Å². The molecule has 5 heterocycles. The number of aromatic nitrogens is 6. The van der Waals surface area contributed by atoms with Gasteiger partial charge in [0.15, 0.2) is 5.65 Å². The maximum absolute atomic E-state index is 4.74. The van der Waals surface area contributed by atoms with Crippen LogP contribution in [-0.2, 0) is 7.05 Å². The van der Waals surface area contributed by atoms with E-state index in [1.165, 1.54) is 0 Å². The van der Waals surface area contributed by atoms with Crippen LogP contribution in [0, 0.1) is 25.7 Å². The molecule has 134 valence electrons. The van der Waals surface area contributed by atoms with E-state index in [9.17, 15) is 0 Å². The van der Waals surface area contributed by atoms with Gasteiger partial charge >= 0.3 is 0 Å². The minimum atomic E-state index is 0.632. The summed E-state index contributed by atoms with van der Waals surface area (Å²) in [5.41, 5.74) is 1.92. The summed E-state index contributed by atoms with van der Waals surface area (Å²) in [6, 6.07) is 2.08. The third-order valence-corrected chi connectivity index (χ3v) is 5.58. The van der Waals surface area contributed by atoms with Gasteiger partial charge in [-0.2, -0.15) is 5.10 Å². The molecule has 0 saturated carbocycles. The van der Waals surface area contributed by atoms with Gasteiger partial charge in [0.25, 0.3) is 0 Å². The minimum Gasteiger partial charge on any atom is -0.356 e. The minimum absolute atomic E-state index is 0.632. The summed E-state index contributed by atoms with van der Waals surface area (Å²) in [5.74, 6) is 4.14. The third-order valence-electron chi connectivity index (χ3n) is 5.58. The molecule has 8 nitrogen and oxygen atoms in total. The normalized spacial score (nSPS) is 22.4. The van der Waals surface area contributed by atoms with Crippen molar-refractivity contribution in [1.82, 2.24) is 29.7 Å². The van der Waals surface area contributed by atoms with Gasteiger partial charge in [-0.15, -0.1) is 0 Å². The van der Waals surface area contributed by atoms with Gasteiger partial charge in [-0.25, -0.2) is 19.9 Å². The van der Waals surface area contributed by atoms with E-state index in [-0.39, 0.29) is 0 Å². The summed E-state index contributed by atoms with van der Waals surface area (Å²) >= 11 is 0. The van der Waals surface area contributed by atoms with Crippen LogP contribution in [0.5, 0.6) is 0 Å². The molecule has 0 amide bonds. The lowest BCUT2D eigenvalue weighted by Crippen LogP contribution is -2.30. The molecule has 2 atom stereocenters. The molecule has 2 unspecified atom stereocenters. The molecular formula is C18H22N8. The van der Waals surface area contributed by atoms with Crippen LogP contribution in [0.25, 0.3) is 11.0 Å². The van der Waals surface area contributed by atoms with Crippen molar-refractivity contribution in [3.63, 3.8) is 0 Å². The highest BCUT2D eigenvalue weighted by Crippen LogP contribution is 2.36. The van der Waals surface area contributed by atoms with Gasteiger partial charge in [0, 0.05) is 56.8 Å². The maximum atomic E-state index is 4.74. The summed E-state index contributed by atoms with van der Waals surface area (Å²) < 4.78 is 1.82. The van der Waals surface area contributed by atoms with Crippen LogP contribution in [0.1, 0.15) is 11.5 Å². The number of rotatable bonds is 2. The number of anilines is 2. The van der Waals surface area contributed by atoms with Crippen LogP contribution in [0.2, 0.25) is 0 Å². The predicted octanol–water partition coefficient (Wildman–Crippen LogP) is 1.34. The Morgan fingerprint density at radius 3 is 2.42 bits per heavy atom. The molecular weight excluding hydrogens is 328 g/mol. The molecule has 0 aliphatic carbocycles. The average molecular weight is 350 g/mol. The Hall–Kier alpha value is -2.77. The molecule has 0 bridgehead atoms. The first-order chi connectivity index (χ1) is 12.6. The number of aryl methyl sites for hydroxylation is 3.